The number of methoxy groups -OCH3 is 1. The summed E-state index contributed by atoms with van der Waals surface area (Å²) in [5.74, 6) is 0.549. The second kappa shape index (κ2) is 8.76. The van der Waals surface area contributed by atoms with E-state index in [0.717, 1.165) is 10.5 Å². The lowest BCUT2D eigenvalue weighted by molar-refractivity contribution is -0.122. The quantitative estimate of drug-likeness (QED) is 0.446. The molecule has 0 unspecified atom stereocenters. The molecule has 146 valence electrons. The Morgan fingerprint density at radius 2 is 2.00 bits per heavy atom. The number of urea groups is 1. The van der Waals surface area contributed by atoms with Crippen LogP contribution in [0, 0.1) is 11.3 Å². The van der Waals surface area contributed by atoms with Gasteiger partial charge >= 0.3 is 6.03 Å². The zero-order valence-electron chi connectivity index (χ0n) is 15.8. The second-order valence-corrected chi connectivity index (χ2v) is 6.16. The van der Waals surface area contributed by atoms with Gasteiger partial charge in [0.2, 0.25) is 0 Å². The standard InChI is InChI=1S/C22H19N3O4/c1-3-10-25-21(26)18(24-22(25)27)11-15-8-9-19(20(12-15)28-2)29-14-17-7-5-4-6-16(17)13-23/h3-9,11-12H,1,10,14H2,2H3,(H,24,27). The molecule has 0 aromatic heterocycles. The van der Waals surface area contributed by atoms with Crippen molar-refractivity contribution >= 4 is 18.0 Å². The molecule has 3 amide bonds. The van der Waals surface area contributed by atoms with E-state index in [1.54, 1.807) is 36.4 Å². The molecule has 3 rings (SSSR count). The fraction of sp³-hybridized carbons (Fsp3) is 0.136. The number of carbonyl (C=O) groups is 2. The average molecular weight is 389 g/mol. The Morgan fingerprint density at radius 3 is 2.72 bits per heavy atom. The van der Waals surface area contributed by atoms with Crippen LogP contribution in [0.4, 0.5) is 4.79 Å². The molecular formula is C22H19N3O4. The first-order valence-corrected chi connectivity index (χ1v) is 8.81. The summed E-state index contributed by atoms with van der Waals surface area (Å²) in [6.07, 6.45) is 3.06. The molecule has 1 aliphatic rings. The SMILES string of the molecule is C=CCN1C(=O)NC(=Cc2ccc(OCc3ccccc3C#N)c(OC)c2)C1=O. The van der Waals surface area contributed by atoms with Crippen LogP contribution >= 0.6 is 0 Å². The minimum Gasteiger partial charge on any atom is -0.493 e. The summed E-state index contributed by atoms with van der Waals surface area (Å²) < 4.78 is 11.2. The number of imide groups is 1. The van der Waals surface area contributed by atoms with Crippen molar-refractivity contribution in [2.75, 3.05) is 13.7 Å². The normalized spacial score (nSPS) is 14.5. The highest BCUT2D eigenvalue weighted by molar-refractivity contribution is 6.14. The van der Waals surface area contributed by atoms with Gasteiger partial charge in [-0.05, 0) is 29.8 Å². The average Bonchev–Trinajstić information content (AvgIpc) is 3.00. The molecule has 1 saturated heterocycles. The van der Waals surface area contributed by atoms with Crippen LogP contribution in [0.3, 0.4) is 0 Å². The van der Waals surface area contributed by atoms with Crippen molar-refractivity contribution in [1.82, 2.24) is 10.2 Å². The van der Waals surface area contributed by atoms with Crippen molar-refractivity contribution in [3.8, 4) is 17.6 Å². The predicted octanol–water partition coefficient (Wildman–Crippen LogP) is 3.22. The number of carbonyl (C=O) groups excluding carboxylic acids is 2. The zero-order chi connectivity index (χ0) is 20.8. The molecule has 0 saturated carbocycles. The molecule has 0 atom stereocenters. The summed E-state index contributed by atoms with van der Waals surface area (Å²) in [4.78, 5) is 25.2. The monoisotopic (exact) mass is 389 g/mol. The molecule has 1 heterocycles. The number of amides is 3. The first-order chi connectivity index (χ1) is 14.1. The van der Waals surface area contributed by atoms with Crippen LogP contribution < -0.4 is 14.8 Å². The smallest absolute Gasteiger partial charge is 0.329 e. The number of nitriles is 1. The molecule has 7 heteroatoms. The summed E-state index contributed by atoms with van der Waals surface area (Å²) in [5, 5.41) is 11.7. The highest BCUT2D eigenvalue weighted by Crippen LogP contribution is 2.30. The zero-order valence-corrected chi connectivity index (χ0v) is 15.8. The van der Waals surface area contributed by atoms with Gasteiger partial charge in [0.05, 0.1) is 18.7 Å². The molecule has 0 radical (unpaired) electrons. The molecule has 1 N–H and O–H groups in total. The fourth-order valence-electron chi connectivity index (χ4n) is 2.84. The largest absolute Gasteiger partial charge is 0.493 e. The Kier molecular flexibility index (Phi) is 5.95. The molecule has 1 aliphatic heterocycles. The highest BCUT2D eigenvalue weighted by atomic mass is 16.5. The Morgan fingerprint density at radius 1 is 1.21 bits per heavy atom. The summed E-state index contributed by atoms with van der Waals surface area (Å²) in [5.41, 5.74) is 2.16. The van der Waals surface area contributed by atoms with E-state index in [4.69, 9.17) is 9.47 Å². The third-order valence-corrected chi connectivity index (χ3v) is 4.29. The third-order valence-electron chi connectivity index (χ3n) is 4.29. The minimum atomic E-state index is -0.482. The van der Waals surface area contributed by atoms with E-state index in [1.807, 2.05) is 12.1 Å². The van der Waals surface area contributed by atoms with Crippen molar-refractivity contribution in [1.29, 1.82) is 5.26 Å². The molecular weight excluding hydrogens is 370 g/mol. The number of rotatable bonds is 7. The predicted molar refractivity (Wildman–Crippen MR) is 107 cm³/mol. The van der Waals surface area contributed by atoms with Crippen LogP contribution in [0.5, 0.6) is 11.5 Å². The number of nitrogens with zero attached hydrogens (tertiary/aromatic N) is 2. The van der Waals surface area contributed by atoms with Crippen LogP contribution in [0.25, 0.3) is 6.08 Å². The molecule has 2 aromatic carbocycles. The lowest BCUT2D eigenvalue weighted by Crippen LogP contribution is -2.30. The van der Waals surface area contributed by atoms with Gasteiger partial charge in [-0.2, -0.15) is 5.26 Å². The summed E-state index contributed by atoms with van der Waals surface area (Å²) in [7, 11) is 1.51. The van der Waals surface area contributed by atoms with Crippen molar-refractivity contribution in [2.45, 2.75) is 6.61 Å². The number of ether oxygens (including phenoxy) is 2. The number of hydrogen-bond donors (Lipinski definition) is 1. The van der Waals surface area contributed by atoms with Crippen LogP contribution in [0.1, 0.15) is 16.7 Å². The van der Waals surface area contributed by atoms with Crippen molar-refractivity contribution in [3.63, 3.8) is 0 Å². The molecule has 1 fully saturated rings. The highest BCUT2D eigenvalue weighted by Gasteiger charge is 2.32. The lowest BCUT2D eigenvalue weighted by Gasteiger charge is -2.12. The maximum atomic E-state index is 12.3. The van der Waals surface area contributed by atoms with Gasteiger partial charge in [0.15, 0.2) is 11.5 Å². The Balaban J connectivity index is 1.79. The van der Waals surface area contributed by atoms with Crippen LogP contribution in [0.2, 0.25) is 0 Å². The molecule has 0 bridgehead atoms. The Labute approximate surface area is 168 Å². The maximum absolute atomic E-state index is 12.3. The van der Waals surface area contributed by atoms with E-state index >= 15 is 0 Å². The van der Waals surface area contributed by atoms with E-state index in [2.05, 4.69) is 18.0 Å². The maximum Gasteiger partial charge on any atom is 0.329 e. The van der Waals surface area contributed by atoms with E-state index in [1.165, 1.54) is 13.2 Å². The molecule has 0 aliphatic carbocycles. The minimum absolute atomic E-state index is 0.141. The molecule has 29 heavy (non-hydrogen) atoms. The van der Waals surface area contributed by atoms with Gasteiger partial charge in [0.25, 0.3) is 5.91 Å². The van der Waals surface area contributed by atoms with Gasteiger partial charge in [-0.15, -0.1) is 6.58 Å². The first kappa shape index (κ1) is 19.7. The summed E-state index contributed by atoms with van der Waals surface area (Å²) in [6.45, 7) is 3.90. The van der Waals surface area contributed by atoms with Gasteiger partial charge in [0, 0.05) is 12.1 Å². The van der Waals surface area contributed by atoms with Gasteiger partial charge in [0.1, 0.15) is 12.3 Å². The van der Waals surface area contributed by atoms with E-state index in [0.29, 0.717) is 22.6 Å². The van der Waals surface area contributed by atoms with Crippen molar-refractivity contribution < 1.29 is 19.1 Å². The lowest BCUT2D eigenvalue weighted by atomic mass is 10.1. The van der Waals surface area contributed by atoms with Crippen molar-refractivity contribution in [2.24, 2.45) is 0 Å². The Bertz CT molecular complexity index is 1040. The van der Waals surface area contributed by atoms with Crippen LogP contribution in [-0.2, 0) is 11.4 Å². The van der Waals surface area contributed by atoms with Gasteiger partial charge in [-0.1, -0.05) is 30.3 Å². The first-order valence-electron chi connectivity index (χ1n) is 8.81. The molecule has 2 aromatic rings. The Hall–Kier alpha value is -4.05. The number of nitrogens with one attached hydrogen (secondary N) is 1. The van der Waals surface area contributed by atoms with Gasteiger partial charge in [-0.3, -0.25) is 9.69 Å². The third kappa shape index (κ3) is 4.28. The molecule has 0 spiro atoms. The van der Waals surface area contributed by atoms with Crippen LogP contribution in [-0.4, -0.2) is 30.5 Å². The van der Waals surface area contributed by atoms with Gasteiger partial charge < -0.3 is 14.8 Å². The summed E-state index contributed by atoms with van der Waals surface area (Å²) >= 11 is 0. The fourth-order valence-corrected chi connectivity index (χ4v) is 2.84. The van der Waals surface area contributed by atoms with E-state index < -0.39 is 11.9 Å². The molecule has 7 nitrogen and oxygen atoms in total. The second-order valence-electron chi connectivity index (χ2n) is 6.16. The summed E-state index contributed by atoms with van der Waals surface area (Å²) in [6, 6.07) is 14.0. The van der Waals surface area contributed by atoms with Crippen molar-refractivity contribution in [3.05, 3.63) is 77.5 Å². The van der Waals surface area contributed by atoms with E-state index in [9.17, 15) is 14.9 Å². The van der Waals surface area contributed by atoms with Crippen LogP contribution in [0.15, 0.2) is 60.8 Å². The number of benzene rings is 2. The van der Waals surface area contributed by atoms with Gasteiger partial charge in [-0.25, -0.2) is 4.79 Å². The topological polar surface area (TPSA) is 91.7 Å². The number of hydrogen-bond acceptors (Lipinski definition) is 5. The van der Waals surface area contributed by atoms with E-state index in [-0.39, 0.29) is 18.8 Å².